The average Bonchev–Trinajstić information content (AvgIpc) is 1.99. The molecule has 15 heavy (non-hydrogen) atoms. The fraction of sp³-hybridized carbons (Fsp3) is 0.909. The number of rotatable bonds is 0. The molecule has 0 radical (unpaired) electrons. The van der Waals surface area contributed by atoms with E-state index < -0.39 is 5.60 Å². The molecule has 0 aromatic rings. The second-order valence-corrected chi connectivity index (χ2v) is 5.66. The van der Waals surface area contributed by atoms with E-state index in [0.717, 1.165) is 19.4 Å². The van der Waals surface area contributed by atoms with Gasteiger partial charge in [-0.1, -0.05) is 0 Å². The summed E-state index contributed by atoms with van der Waals surface area (Å²) in [4.78, 5) is 13.5. The van der Waals surface area contributed by atoms with Crippen LogP contribution in [0, 0.1) is 0 Å². The van der Waals surface area contributed by atoms with Gasteiger partial charge in [-0.05, 0) is 40.5 Å². The molecule has 1 aliphatic heterocycles. The summed E-state index contributed by atoms with van der Waals surface area (Å²) in [7, 11) is 0. The molecule has 0 bridgehead atoms. The van der Waals surface area contributed by atoms with Crippen LogP contribution in [0.5, 0.6) is 0 Å². The molecular formula is C11H22N2O2. The summed E-state index contributed by atoms with van der Waals surface area (Å²) < 4.78 is 5.30. The first-order chi connectivity index (χ1) is 6.70. The van der Waals surface area contributed by atoms with Gasteiger partial charge in [0.25, 0.3) is 0 Å². The van der Waals surface area contributed by atoms with Gasteiger partial charge in [0.15, 0.2) is 0 Å². The van der Waals surface area contributed by atoms with Crippen molar-refractivity contribution < 1.29 is 9.53 Å². The molecule has 1 aliphatic rings. The van der Waals surface area contributed by atoms with E-state index in [1.165, 1.54) is 0 Å². The fourth-order valence-electron chi connectivity index (χ4n) is 1.75. The summed E-state index contributed by atoms with van der Waals surface area (Å²) in [6.45, 7) is 8.93. The van der Waals surface area contributed by atoms with Gasteiger partial charge >= 0.3 is 6.09 Å². The number of ether oxygens (including phenoxy) is 1. The predicted molar refractivity (Wildman–Crippen MR) is 59.6 cm³/mol. The standard InChI is InChI=1S/C11H22N2O2/c1-10(2,3)15-9(14)13-7-5-6-11(4,12)8-13/h5-8,12H2,1-4H3. The van der Waals surface area contributed by atoms with E-state index in [9.17, 15) is 4.79 Å². The normalized spacial score (nSPS) is 27.7. The molecule has 1 heterocycles. The van der Waals surface area contributed by atoms with Crippen LogP contribution in [-0.4, -0.2) is 35.2 Å². The van der Waals surface area contributed by atoms with Crippen LogP contribution in [-0.2, 0) is 4.74 Å². The van der Waals surface area contributed by atoms with Crippen molar-refractivity contribution in [2.24, 2.45) is 5.73 Å². The minimum Gasteiger partial charge on any atom is -0.444 e. The molecule has 1 atom stereocenters. The average molecular weight is 214 g/mol. The third-order valence-electron chi connectivity index (χ3n) is 2.38. The Hall–Kier alpha value is -0.770. The van der Waals surface area contributed by atoms with E-state index in [1.54, 1.807) is 4.90 Å². The zero-order chi connectivity index (χ0) is 11.7. The van der Waals surface area contributed by atoms with Gasteiger partial charge in [-0.2, -0.15) is 0 Å². The second-order valence-electron chi connectivity index (χ2n) is 5.66. The summed E-state index contributed by atoms with van der Waals surface area (Å²) in [6, 6.07) is 0. The second kappa shape index (κ2) is 4.00. The van der Waals surface area contributed by atoms with Crippen LogP contribution >= 0.6 is 0 Å². The highest BCUT2D eigenvalue weighted by Crippen LogP contribution is 2.20. The van der Waals surface area contributed by atoms with Gasteiger partial charge in [-0.15, -0.1) is 0 Å². The Bertz CT molecular complexity index is 243. The molecule has 1 rings (SSSR count). The van der Waals surface area contributed by atoms with Crippen molar-refractivity contribution in [3.8, 4) is 0 Å². The topological polar surface area (TPSA) is 55.6 Å². The molecule has 4 heteroatoms. The molecule has 1 amide bonds. The first kappa shape index (κ1) is 12.3. The van der Waals surface area contributed by atoms with E-state index in [-0.39, 0.29) is 11.6 Å². The number of nitrogens with two attached hydrogens (primary N) is 1. The van der Waals surface area contributed by atoms with Gasteiger partial charge in [0.2, 0.25) is 0 Å². The molecule has 0 aliphatic carbocycles. The van der Waals surface area contributed by atoms with Crippen molar-refractivity contribution >= 4 is 6.09 Å². The number of likely N-dealkylation sites (tertiary alicyclic amines) is 1. The van der Waals surface area contributed by atoms with Crippen LogP contribution in [0.3, 0.4) is 0 Å². The maximum Gasteiger partial charge on any atom is 0.410 e. The number of hydrogen-bond acceptors (Lipinski definition) is 3. The lowest BCUT2D eigenvalue weighted by molar-refractivity contribution is 0.0152. The van der Waals surface area contributed by atoms with Crippen LogP contribution in [0.15, 0.2) is 0 Å². The molecule has 1 unspecified atom stereocenters. The molecule has 88 valence electrons. The molecular weight excluding hydrogens is 192 g/mol. The largest absolute Gasteiger partial charge is 0.444 e. The molecule has 1 saturated heterocycles. The summed E-state index contributed by atoms with van der Waals surface area (Å²) >= 11 is 0. The Kier molecular flexibility index (Phi) is 3.28. The van der Waals surface area contributed by atoms with Crippen molar-refractivity contribution in [1.29, 1.82) is 0 Å². The Morgan fingerprint density at radius 2 is 2.07 bits per heavy atom. The number of hydrogen-bond donors (Lipinski definition) is 1. The van der Waals surface area contributed by atoms with E-state index in [0.29, 0.717) is 6.54 Å². The Balaban J connectivity index is 2.53. The van der Waals surface area contributed by atoms with E-state index in [2.05, 4.69) is 0 Å². The van der Waals surface area contributed by atoms with Crippen LogP contribution in [0.25, 0.3) is 0 Å². The minimum absolute atomic E-state index is 0.251. The van der Waals surface area contributed by atoms with E-state index in [1.807, 2.05) is 27.7 Å². The number of carbonyl (C=O) groups excluding carboxylic acids is 1. The van der Waals surface area contributed by atoms with Gasteiger partial charge in [0.05, 0.1) is 0 Å². The van der Waals surface area contributed by atoms with Crippen molar-refractivity contribution in [1.82, 2.24) is 4.90 Å². The SMILES string of the molecule is CC1(N)CCCN(C(=O)OC(C)(C)C)C1. The van der Waals surface area contributed by atoms with Crippen molar-refractivity contribution in [2.75, 3.05) is 13.1 Å². The number of carbonyl (C=O) groups is 1. The number of nitrogens with zero attached hydrogens (tertiary/aromatic N) is 1. The van der Waals surface area contributed by atoms with Crippen LogP contribution in [0.1, 0.15) is 40.5 Å². The molecule has 1 fully saturated rings. The van der Waals surface area contributed by atoms with Crippen LogP contribution in [0.4, 0.5) is 4.79 Å². The molecule has 0 saturated carbocycles. The molecule has 0 aromatic heterocycles. The first-order valence-corrected chi connectivity index (χ1v) is 5.46. The predicted octanol–water partition coefficient (Wildman–Crippen LogP) is 1.73. The monoisotopic (exact) mass is 214 g/mol. The lowest BCUT2D eigenvalue weighted by Gasteiger charge is -2.38. The summed E-state index contributed by atoms with van der Waals surface area (Å²) in [5.74, 6) is 0. The van der Waals surface area contributed by atoms with E-state index in [4.69, 9.17) is 10.5 Å². The van der Waals surface area contributed by atoms with Crippen LogP contribution < -0.4 is 5.73 Å². The summed E-state index contributed by atoms with van der Waals surface area (Å²) in [6.07, 6.45) is 1.66. The Morgan fingerprint density at radius 3 is 2.53 bits per heavy atom. The first-order valence-electron chi connectivity index (χ1n) is 5.46. The smallest absolute Gasteiger partial charge is 0.410 e. The number of piperidine rings is 1. The Morgan fingerprint density at radius 1 is 1.47 bits per heavy atom. The number of amides is 1. The van der Waals surface area contributed by atoms with Gasteiger partial charge in [-0.3, -0.25) is 0 Å². The molecule has 0 spiro atoms. The van der Waals surface area contributed by atoms with Crippen molar-refractivity contribution in [3.63, 3.8) is 0 Å². The van der Waals surface area contributed by atoms with Gasteiger partial charge in [0.1, 0.15) is 5.60 Å². The third-order valence-corrected chi connectivity index (χ3v) is 2.38. The zero-order valence-electron chi connectivity index (χ0n) is 10.2. The van der Waals surface area contributed by atoms with Crippen molar-refractivity contribution in [3.05, 3.63) is 0 Å². The maximum absolute atomic E-state index is 11.7. The molecule has 0 aromatic carbocycles. The maximum atomic E-state index is 11.7. The van der Waals surface area contributed by atoms with Gasteiger partial charge in [0, 0.05) is 18.6 Å². The zero-order valence-corrected chi connectivity index (χ0v) is 10.2. The van der Waals surface area contributed by atoms with E-state index >= 15 is 0 Å². The molecule has 4 nitrogen and oxygen atoms in total. The van der Waals surface area contributed by atoms with Gasteiger partial charge < -0.3 is 15.4 Å². The third kappa shape index (κ3) is 4.08. The summed E-state index contributed by atoms with van der Waals surface area (Å²) in [5.41, 5.74) is 5.32. The lowest BCUT2D eigenvalue weighted by atomic mass is 9.93. The van der Waals surface area contributed by atoms with Crippen LogP contribution in [0.2, 0.25) is 0 Å². The van der Waals surface area contributed by atoms with Gasteiger partial charge in [-0.25, -0.2) is 4.79 Å². The fourth-order valence-corrected chi connectivity index (χ4v) is 1.75. The highest BCUT2D eigenvalue weighted by Gasteiger charge is 2.31. The highest BCUT2D eigenvalue weighted by atomic mass is 16.6. The quantitative estimate of drug-likeness (QED) is 0.668. The Labute approximate surface area is 91.8 Å². The highest BCUT2D eigenvalue weighted by molar-refractivity contribution is 5.68. The minimum atomic E-state index is -0.431. The van der Waals surface area contributed by atoms with Crippen molar-refractivity contribution in [2.45, 2.75) is 51.7 Å². The lowest BCUT2D eigenvalue weighted by Crippen LogP contribution is -2.54. The molecule has 2 N–H and O–H groups in total. The summed E-state index contributed by atoms with van der Waals surface area (Å²) in [5, 5.41) is 0.